The van der Waals surface area contributed by atoms with Gasteiger partial charge in [0.15, 0.2) is 0 Å². The largest absolute Gasteiger partial charge is 0.354 e. The number of thiophene rings is 1. The Kier molecular flexibility index (Phi) is 7.10. The van der Waals surface area contributed by atoms with E-state index in [1.165, 1.54) is 4.88 Å². The highest BCUT2D eigenvalue weighted by Gasteiger charge is 2.28. The number of carbonyl (C=O) groups is 2. The summed E-state index contributed by atoms with van der Waals surface area (Å²) in [5, 5.41) is 5.78. The van der Waals surface area contributed by atoms with Crippen LogP contribution in [0.25, 0.3) is 0 Å². The number of nitrogens with zero attached hydrogens (tertiary/aromatic N) is 2. The van der Waals surface area contributed by atoms with Crippen LogP contribution >= 0.6 is 22.9 Å². The minimum Gasteiger partial charge on any atom is -0.354 e. The number of carbonyl (C=O) groups excluding carboxylic acids is 2. The van der Waals surface area contributed by atoms with Crippen LogP contribution in [0.15, 0.2) is 41.8 Å². The van der Waals surface area contributed by atoms with Crippen molar-refractivity contribution in [2.45, 2.75) is 18.9 Å². The van der Waals surface area contributed by atoms with Crippen molar-refractivity contribution in [3.63, 3.8) is 0 Å². The monoisotopic (exact) mass is 419 g/mol. The number of likely N-dealkylation sites (N-methyl/N-ethyl adjacent to an activating group) is 1. The predicted molar refractivity (Wildman–Crippen MR) is 114 cm³/mol. The maximum atomic E-state index is 12.6. The number of amides is 2. The molecule has 150 valence electrons. The molecule has 1 unspecified atom stereocenters. The van der Waals surface area contributed by atoms with Crippen molar-refractivity contribution < 1.29 is 9.59 Å². The predicted octanol–water partition coefficient (Wildman–Crippen LogP) is 3.67. The van der Waals surface area contributed by atoms with E-state index in [9.17, 15) is 9.59 Å². The van der Waals surface area contributed by atoms with Gasteiger partial charge in [-0.15, -0.1) is 11.3 Å². The standard InChI is InChI=1S/C21H26ClN3O2S/c1-24(2)18(19-4-3-13-28-19)14-23-20(26)15-9-11-25(12-10-15)21(27)16-5-7-17(22)8-6-16/h3-8,13,15,18H,9-12,14H2,1-2H3,(H,23,26). The molecule has 0 bridgehead atoms. The first kappa shape index (κ1) is 20.8. The topological polar surface area (TPSA) is 52.7 Å². The zero-order valence-corrected chi connectivity index (χ0v) is 17.8. The molecule has 1 aromatic carbocycles. The Labute approximate surface area is 175 Å². The zero-order valence-electron chi connectivity index (χ0n) is 16.2. The van der Waals surface area contributed by atoms with Crippen molar-refractivity contribution in [1.29, 1.82) is 0 Å². The Bertz CT molecular complexity index is 784. The molecule has 0 aliphatic carbocycles. The van der Waals surface area contributed by atoms with Gasteiger partial charge in [0.2, 0.25) is 5.91 Å². The molecule has 1 N–H and O–H groups in total. The van der Waals surface area contributed by atoms with Gasteiger partial charge in [-0.1, -0.05) is 17.7 Å². The fourth-order valence-corrected chi connectivity index (χ4v) is 4.53. The summed E-state index contributed by atoms with van der Waals surface area (Å²) >= 11 is 7.59. The van der Waals surface area contributed by atoms with E-state index in [2.05, 4.69) is 21.7 Å². The maximum Gasteiger partial charge on any atom is 0.253 e. The Hall–Kier alpha value is -1.89. The van der Waals surface area contributed by atoms with Crippen LogP contribution in [0, 0.1) is 5.92 Å². The summed E-state index contributed by atoms with van der Waals surface area (Å²) in [5.41, 5.74) is 0.636. The number of piperidine rings is 1. The average Bonchev–Trinajstić information content (AvgIpc) is 3.22. The third-order valence-corrected chi connectivity index (χ3v) is 6.43. The van der Waals surface area contributed by atoms with Crippen molar-refractivity contribution in [1.82, 2.24) is 15.1 Å². The van der Waals surface area contributed by atoms with Gasteiger partial charge in [-0.2, -0.15) is 0 Å². The van der Waals surface area contributed by atoms with E-state index in [0.29, 0.717) is 43.1 Å². The van der Waals surface area contributed by atoms with Gasteiger partial charge in [0.05, 0.1) is 6.04 Å². The van der Waals surface area contributed by atoms with Gasteiger partial charge in [-0.05, 0) is 62.6 Å². The summed E-state index contributed by atoms with van der Waals surface area (Å²) in [6.45, 7) is 1.79. The Morgan fingerprint density at radius 2 is 1.89 bits per heavy atom. The van der Waals surface area contributed by atoms with Crippen LogP contribution < -0.4 is 5.32 Å². The molecule has 1 aromatic heterocycles. The molecule has 0 saturated carbocycles. The van der Waals surface area contributed by atoms with Gasteiger partial charge in [0.1, 0.15) is 0 Å². The molecule has 1 aliphatic rings. The van der Waals surface area contributed by atoms with Crippen LogP contribution in [-0.4, -0.2) is 55.3 Å². The van der Waals surface area contributed by atoms with Gasteiger partial charge in [0.25, 0.3) is 5.91 Å². The number of nitrogens with one attached hydrogen (secondary N) is 1. The number of hydrogen-bond acceptors (Lipinski definition) is 4. The van der Waals surface area contributed by atoms with Crippen LogP contribution in [0.5, 0.6) is 0 Å². The van der Waals surface area contributed by atoms with Crippen molar-refractivity contribution in [3.8, 4) is 0 Å². The fraction of sp³-hybridized carbons (Fsp3) is 0.429. The van der Waals surface area contributed by atoms with E-state index in [1.54, 1.807) is 35.6 Å². The SMILES string of the molecule is CN(C)C(CNC(=O)C1CCN(C(=O)c2ccc(Cl)cc2)CC1)c1cccs1. The summed E-state index contributed by atoms with van der Waals surface area (Å²) in [6, 6.07) is 11.3. The lowest BCUT2D eigenvalue weighted by atomic mass is 9.95. The lowest BCUT2D eigenvalue weighted by molar-refractivity contribution is -0.126. The van der Waals surface area contributed by atoms with Gasteiger partial charge >= 0.3 is 0 Å². The van der Waals surface area contributed by atoms with E-state index < -0.39 is 0 Å². The first-order chi connectivity index (χ1) is 13.5. The van der Waals surface area contributed by atoms with E-state index in [4.69, 9.17) is 11.6 Å². The molecule has 3 rings (SSSR count). The van der Waals surface area contributed by atoms with Gasteiger partial charge in [-0.3, -0.25) is 9.59 Å². The van der Waals surface area contributed by atoms with Gasteiger partial charge < -0.3 is 15.1 Å². The molecule has 2 aromatic rings. The maximum absolute atomic E-state index is 12.6. The number of benzene rings is 1. The highest BCUT2D eigenvalue weighted by atomic mass is 35.5. The first-order valence-electron chi connectivity index (χ1n) is 9.48. The zero-order chi connectivity index (χ0) is 20.1. The number of halogens is 1. The van der Waals surface area contributed by atoms with Gasteiger partial charge in [-0.25, -0.2) is 0 Å². The molecule has 2 heterocycles. The van der Waals surface area contributed by atoms with E-state index in [1.807, 2.05) is 25.1 Å². The van der Waals surface area contributed by atoms with Crippen LogP contribution in [0.2, 0.25) is 5.02 Å². The molecule has 0 spiro atoms. The molecular weight excluding hydrogens is 394 g/mol. The van der Waals surface area contributed by atoms with E-state index in [-0.39, 0.29) is 23.8 Å². The summed E-state index contributed by atoms with van der Waals surface area (Å²) in [5.74, 6) is 0.0447. The van der Waals surface area contributed by atoms with Crippen LogP contribution in [0.1, 0.15) is 34.1 Å². The summed E-state index contributed by atoms with van der Waals surface area (Å²) < 4.78 is 0. The molecule has 2 amide bonds. The normalized spacial score (nSPS) is 16.2. The molecule has 28 heavy (non-hydrogen) atoms. The molecular formula is C21H26ClN3O2S. The summed E-state index contributed by atoms with van der Waals surface area (Å²) in [7, 11) is 4.05. The summed E-state index contributed by atoms with van der Waals surface area (Å²) in [6.07, 6.45) is 1.38. The minimum atomic E-state index is -0.0413. The molecule has 1 saturated heterocycles. The Balaban J connectivity index is 1.49. The second-order valence-electron chi connectivity index (χ2n) is 7.31. The molecule has 5 nitrogen and oxygen atoms in total. The van der Waals surface area contributed by atoms with Crippen LogP contribution in [-0.2, 0) is 4.79 Å². The Morgan fingerprint density at radius 3 is 2.46 bits per heavy atom. The minimum absolute atomic E-state index is 0.000826. The number of rotatable bonds is 6. The first-order valence-corrected chi connectivity index (χ1v) is 10.7. The smallest absolute Gasteiger partial charge is 0.253 e. The molecule has 1 atom stereocenters. The van der Waals surface area contributed by atoms with Crippen molar-refractivity contribution >= 4 is 34.8 Å². The number of hydrogen-bond donors (Lipinski definition) is 1. The third kappa shape index (κ3) is 5.13. The molecule has 1 aliphatic heterocycles. The quantitative estimate of drug-likeness (QED) is 0.777. The van der Waals surface area contributed by atoms with Crippen LogP contribution in [0.3, 0.4) is 0 Å². The lowest BCUT2D eigenvalue weighted by Gasteiger charge is -2.32. The van der Waals surface area contributed by atoms with E-state index >= 15 is 0 Å². The van der Waals surface area contributed by atoms with Gasteiger partial charge in [0, 0.05) is 41.0 Å². The van der Waals surface area contributed by atoms with Crippen LogP contribution in [0.4, 0.5) is 0 Å². The molecule has 1 fully saturated rings. The molecule has 0 radical (unpaired) electrons. The second-order valence-corrected chi connectivity index (χ2v) is 8.73. The number of likely N-dealkylation sites (tertiary alicyclic amines) is 1. The second kappa shape index (κ2) is 9.54. The van der Waals surface area contributed by atoms with Crippen molar-refractivity contribution in [2.75, 3.05) is 33.7 Å². The average molecular weight is 420 g/mol. The fourth-order valence-electron chi connectivity index (χ4n) is 3.48. The highest BCUT2D eigenvalue weighted by Crippen LogP contribution is 2.24. The third-order valence-electron chi connectivity index (χ3n) is 5.21. The van der Waals surface area contributed by atoms with E-state index in [0.717, 1.165) is 0 Å². The lowest BCUT2D eigenvalue weighted by Crippen LogP contribution is -2.44. The molecule has 7 heteroatoms. The Morgan fingerprint density at radius 1 is 1.21 bits per heavy atom. The van der Waals surface area contributed by atoms with Crippen molar-refractivity contribution in [2.24, 2.45) is 5.92 Å². The summed E-state index contributed by atoms with van der Waals surface area (Å²) in [4.78, 5) is 30.4. The van der Waals surface area contributed by atoms with Crippen molar-refractivity contribution in [3.05, 3.63) is 57.2 Å². The highest BCUT2D eigenvalue weighted by molar-refractivity contribution is 7.10.